The number of nitrogens with one attached hydrogen (secondary N) is 1. The number of hydrogen-bond donors (Lipinski definition) is 1. The molecule has 0 aromatic carbocycles. The molecule has 132 valence electrons. The highest BCUT2D eigenvalue weighted by molar-refractivity contribution is 7.18. The molecule has 0 radical (unpaired) electrons. The van der Waals surface area contributed by atoms with Gasteiger partial charge in [-0.1, -0.05) is 18.0 Å². The van der Waals surface area contributed by atoms with Crippen LogP contribution in [0.15, 0.2) is 12.1 Å². The summed E-state index contributed by atoms with van der Waals surface area (Å²) in [4.78, 5) is 38.0. The van der Waals surface area contributed by atoms with Gasteiger partial charge in [0, 0.05) is 38.9 Å². The maximum atomic E-state index is 11.9. The third-order valence-electron chi connectivity index (χ3n) is 4.03. The van der Waals surface area contributed by atoms with Crippen molar-refractivity contribution in [1.29, 1.82) is 0 Å². The third kappa shape index (κ3) is 6.24. The molecule has 1 aromatic rings. The predicted molar refractivity (Wildman–Crippen MR) is 95.6 cm³/mol. The highest BCUT2D eigenvalue weighted by Gasteiger charge is 2.16. The van der Waals surface area contributed by atoms with Crippen LogP contribution in [0.2, 0.25) is 4.34 Å². The van der Waals surface area contributed by atoms with Crippen LogP contribution >= 0.6 is 22.9 Å². The average molecular weight is 371 g/mol. The fourth-order valence-corrected chi connectivity index (χ4v) is 3.69. The van der Waals surface area contributed by atoms with Crippen molar-refractivity contribution in [2.24, 2.45) is 0 Å². The molecule has 1 aliphatic heterocycles. The van der Waals surface area contributed by atoms with Crippen molar-refractivity contribution in [1.82, 2.24) is 10.2 Å². The maximum absolute atomic E-state index is 11.9. The van der Waals surface area contributed by atoms with Gasteiger partial charge in [0.05, 0.1) is 9.21 Å². The summed E-state index contributed by atoms with van der Waals surface area (Å²) in [6, 6.07) is 3.37. The second-order valence-electron chi connectivity index (χ2n) is 5.92. The van der Waals surface area contributed by atoms with Gasteiger partial charge >= 0.3 is 0 Å². The number of amides is 2. The second-order valence-corrected chi connectivity index (χ2v) is 7.64. The molecule has 0 atom stereocenters. The Morgan fingerprint density at radius 2 is 2.04 bits per heavy atom. The molecule has 2 heterocycles. The Morgan fingerprint density at radius 1 is 1.21 bits per heavy atom. The van der Waals surface area contributed by atoms with Gasteiger partial charge in [0.2, 0.25) is 11.8 Å². The summed E-state index contributed by atoms with van der Waals surface area (Å²) in [5.74, 6) is 0.0319. The van der Waals surface area contributed by atoms with Gasteiger partial charge in [0.25, 0.3) is 0 Å². The Balaban J connectivity index is 1.59. The molecule has 0 saturated carbocycles. The van der Waals surface area contributed by atoms with E-state index in [9.17, 15) is 14.4 Å². The molecule has 2 amide bonds. The SMILES string of the molecule is O=C(CCC(=O)c1ccc(Cl)s1)NCCCN1CCCCCC1=O. The summed E-state index contributed by atoms with van der Waals surface area (Å²) in [6.07, 6.45) is 4.91. The topological polar surface area (TPSA) is 66.5 Å². The van der Waals surface area contributed by atoms with Crippen LogP contribution in [0.3, 0.4) is 0 Å². The zero-order chi connectivity index (χ0) is 17.4. The molecule has 7 heteroatoms. The van der Waals surface area contributed by atoms with Crippen LogP contribution in [0.5, 0.6) is 0 Å². The normalized spacial score (nSPS) is 15.2. The fourth-order valence-electron chi connectivity index (χ4n) is 2.68. The summed E-state index contributed by atoms with van der Waals surface area (Å²) in [5, 5.41) is 2.81. The zero-order valence-electron chi connectivity index (χ0n) is 13.7. The van der Waals surface area contributed by atoms with Crippen molar-refractivity contribution in [2.45, 2.75) is 44.9 Å². The first-order valence-corrected chi connectivity index (χ1v) is 9.59. The molecule has 5 nitrogen and oxygen atoms in total. The minimum absolute atomic E-state index is 0.0581. The number of carbonyl (C=O) groups excluding carboxylic acids is 3. The highest BCUT2D eigenvalue weighted by atomic mass is 35.5. The lowest BCUT2D eigenvalue weighted by molar-refractivity contribution is -0.130. The van der Waals surface area contributed by atoms with Gasteiger partial charge in [-0.2, -0.15) is 0 Å². The molecule has 0 aliphatic carbocycles. The van der Waals surface area contributed by atoms with Crippen LogP contribution in [-0.2, 0) is 9.59 Å². The summed E-state index contributed by atoms with van der Waals surface area (Å²) < 4.78 is 0.575. The van der Waals surface area contributed by atoms with Gasteiger partial charge in [0.1, 0.15) is 0 Å². The molecule has 1 fully saturated rings. The number of likely N-dealkylation sites (tertiary alicyclic amines) is 1. The maximum Gasteiger partial charge on any atom is 0.222 e. The van der Waals surface area contributed by atoms with Gasteiger partial charge in [-0.15, -0.1) is 11.3 Å². The molecule has 0 spiro atoms. The van der Waals surface area contributed by atoms with E-state index in [2.05, 4.69) is 5.32 Å². The minimum atomic E-state index is -0.131. The van der Waals surface area contributed by atoms with Gasteiger partial charge in [0.15, 0.2) is 5.78 Å². The molecule has 1 aromatic heterocycles. The van der Waals surface area contributed by atoms with Crippen LogP contribution in [0.4, 0.5) is 0 Å². The Hall–Kier alpha value is -1.40. The Morgan fingerprint density at radius 3 is 2.79 bits per heavy atom. The minimum Gasteiger partial charge on any atom is -0.356 e. The molecule has 24 heavy (non-hydrogen) atoms. The zero-order valence-corrected chi connectivity index (χ0v) is 15.3. The van der Waals surface area contributed by atoms with Crippen LogP contribution in [0.1, 0.15) is 54.6 Å². The number of rotatable bonds is 8. The Labute approximate surface area is 151 Å². The first kappa shape index (κ1) is 18.9. The molecule has 0 unspecified atom stereocenters. The van der Waals surface area contributed by atoms with Crippen LogP contribution in [0, 0.1) is 0 Å². The van der Waals surface area contributed by atoms with E-state index >= 15 is 0 Å². The molecule has 1 N–H and O–H groups in total. The third-order valence-corrected chi connectivity index (χ3v) is 5.30. The van der Waals surface area contributed by atoms with Gasteiger partial charge in [-0.3, -0.25) is 14.4 Å². The van der Waals surface area contributed by atoms with Crippen LogP contribution < -0.4 is 5.32 Å². The molecule has 2 rings (SSSR count). The first-order valence-electron chi connectivity index (χ1n) is 8.39. The van der Waals surface area contributed by atoms with Crippen LogP contribution in [0.25, 0.3) is 0 Å². The van der Waals surface area contributed by atoms with Crippen molar-refractivity contribution in [3.05, 3.63) is 21.3 Å². The summed E-state index contributed by atoms with van der Waals surface area (Å²) in [7, 11) is 0. The van der Waals surface area contributed by atoms with Gasteiger partial charge in [-0.05, 0) is 31.4 Å². The molecular formula is C17H23ClN2O3S. The fraction of sp³-hybridized carbons (Fsp3) is 0.588. The second kappa shape index (κ2) is 9.79. The number of nitrogens with zero attached hydrogens (tertiary/aromatic N) is 1. The molecule has 1 aliphatic rings. The molecular weight excluding hydrogens is 348 g/mol. The predicted octanol–water partition coefficient (Wildman–Crippen LogP) is 3.27. The summed E-state index contributed by atoms with van der Waals surface area (Å²) in [6.45, 7) is 2.04. The Bertz CT molecular complexity index is 588. The Kier molecular flexibility index (Phi) is 7.72. The lowest BCUT2D eigenvalue weighted by atomic mass is 10.2. The van der Waals surface area contributed by atoms with E-state index in [1.54, 1.807) is 12.1 Å². The number of thiophene rings is 1. The lowest BCUT2D eigenvalue weighted by Gasteiger charge is -2.20. The van der Waals surface area contributed by atoms with Crippen molar-refractivity contribution in [3.63, 3.8) is 0 Å². The first-order chi connectivity index (χ1) is 11.6. The average Bonchev–Trinajstić information content (AvgIpc) is 2.89. The van der Waals surface area contributed by atoms with Crippen molar-refractivity contribution < 1.29 is 14.4 Å². The van der Waals surface area contributed by atoms with Crippen molar-refractivity contribution >= 4 is 40.5 Å². The smallest absolute Gasteiger partial charge is 0.222 e. The standard InChI is InChI=1S/C17H23ClN2O3S/c18-15-8-7-14(24-15)13(21)6-9-16(22)19-10-4-12-20-11-3-1-2-5-17(20)23/h7-8H,1-6,9-12H2,(H,19,22). The van der Waals surface area contributed by atoms with E-state index in [0.717, 1.165) is 32.2 Å². The molecule has 1 saturated heterocycles. The molecule has 0 bridgehead atoms. The largest absolute Gasteiger partial charge is 0.356 e. The van der Waals surface area contributed by atoms with Crippen LogP contribution in [-0.4, -0.2) is 42.1 Å². The number of hydrogen-bond acceptors (Lipinski definition) is 4. The van der Waals surface area contributed by atoms with Gasteiger partial charge < -0.3 is 10.2 Å². The van der Waals surface area contributed by atoms with Crippen molar-refractivity contribution in [3.8, 4) is 0 Å². The number of ketones is 1. The van der Waals surface area contributed by atoms with E-state index in [1.165, 1.54) is 11.3 Å². The van der Waals surface area contributed by atoms with E-state index in [0.29, 0.717) is 28.7 Å². The number of carbonyl (C=O) groups is 3. The summed E-state index contributed by atoms with van der Waals surface area (Å²) >= 11 is 7.03. The van der Waals surface area contributed by atoms with Gasteiger partial charge in [-0.25, -0.2) is 0 Å². The highest BCUT2D eigenvalue weighted by Crippen LogP contribution is 2.22. The number of Topliss-reactive ketones (excluding diaryl/α,β-unsaturated/α-hetero) is 1. The van der Waals surface area contributed by atoms with E-state index < -0.39 is 0 Å². The van der Waals surface area contributed by atoms with E-state index in [1.807, 2.05) is 4.90 Å². The van der Waals surface area contributed by atoms with E-state index in [4.69, 9.17) is 11.6 Å². The monoisotopic (exact) mass is 370 g/mol. The number of halogens is 1. The van der Waals surface area contributed by atoms with E-state index in [-0.39, 0.29) is 30.4 Å². The summed E-state index contributed by atoms with van der Waals surface area (Å²) in [5.41, 5.74) is 0. The quantitative estimate of drug-likeness (QED) is 0.564. The lowest BCUT2D eigenvalue weighted by Crippen LogP contribution is -2.34. The van der Waals surface area contributed by atoms with Crippen molar-refractivity contribution in [2.75, 3.05) is 19.6 Å².